The fourth-order valence-corrected chi connectivity index (χ4v) is 2.06. The van der Waals surface area contributed by atoms with Gasteiger partial charge < -0.3 is 15.8 Å². The van der Waals surface area contributed by atoms with Crippen molar-refractivity contribution >= 4 is 17.3 Å². The normalized spacial score (nSPS) is 11.9. The molecule has 2 rings (SSSR count). The molecule has 0 spiro atoms. The van der Waals surface area contributed by atoms with Gasteiger partial charge in [-0.05, 0) is 31.0 Å². The molecule has 1 amide bonds. The highest BCUT2D eigenvalue weighted by molar-refractivity contribution is 5.95. The average molecular weight is 284 g/mol. The van der Waals surface area contributed by atoms with Gasteiger partial charge in [-0.3, -0.25) is 4.79 Å². The van der Waals surface area contributed by atoms with E-state index in [0.29, 0.717) is 11.4 Å². The molecular formula is C17H20N2O2. The van der Waals surface area contributed by atoms with Crippen molar-refractivity contribution in [2.75, 3.05) is 17.7 Å². The number of aryl methyl sites for hydroxylation is 1. The SMILES string of the molecule is Cc1cccc(N)c1NC(=O)COC(C)c1ccccc1. The first kappa shape index (κ1) is 15.1. The van der Waals surface area contributed by atoms with Crippen LogP contribution in [0.1, 0.15) is 24.2 Å². The highest BCUT2D eigenvalue weighted by atomic mass is 16.5. The van der Waals surface area contributed by atoms with Crippen molar-refractivity contribution in [1.82, 2.24) is 0 Å². The van der Waals surface area contributed by atoms with Gasteiger partial charge in [0.1, 0.15) is 6.61 Å². The summed E-state index contributed by atoms with van der Waals surface area (Å²) in [5.41, 5.74) is 9.04. The van der Waals surface area contributed by atoms with Crippen molar-refractivity contribution in [3.05, 3.63) is 59.7 Å². The molecule has 0 aliphatic carbocycles. The van der Waals surface area contributed by atoms with E-state index in [1.807, 2.05) is 56.3 Å². The Morgan fingerprint density at radius 2 is 1.90 bits per heavy atom. The Morgan fingerprint density at radius 3 is 2.57 bits per heavy atom. The summed E-state index contributed by atoms with van der Waals surface area (Å²) in [4.78, 5) is 12.0. The van der Waals surface area contributed by atoms with Crippen molar-refractivity contribution in [3.63, 3.8) is 0 Å². The van der Waals surface area contributed by atoms with E-state index in [1.54, 1.807) is 6.07 Å². The van der Waals surface area contributed by atoms with Gasteiger partial charge in [-0.2, -0.15) is 0 Å². The van der Waals surface area contributed by atoms with Crippen molar-refractivity contribution in [1.29, 1.82) is 0 Å². The minimum absolute atomic E-state index is 0.0101. The number of nitrogens with one attached hydrogen (secondary N) is 1. The number of anilines is 2. The van der Waals surface area contributed by atoms with Crippen LogP contribution in [0.25, 0.3) is 0 Å². The van der Waals surface area contributed by atoms with E-state index in [4.69, 9.17) is 10.5 Å². The first-order valence-electron chi connectivity index (χ1n) is 6.89. The Kier molecular flexibility index (Phi) is 4.95. The molecule has 2 aromatic carbocycles. The van der Waals surface area contributed by atoms with Gasteiger partial charge in [-0.1, -0.05) is 42.5 Å². The molecule has 3 N–H and O–H groups in total. The number of carbonyl (C=O) groups is 1. The topological polar surface area (TPSA) is 64.3 Å². The van der Waals surface area contributed by atoms with Crippen molar-refractivity contribution in [2.45, 2.75) is 20.0 Å². The van der Waals surface area contributed by atoms with E-state index in [-0.39, 0.29) is 18.6 Å². The first-order valence-corrected chi connectivity index (χ1v) is 6.89. The lowest BCUT2D eigenvalue weighted by molar-refractivity contribution is -0.122. The number of rotatable bonds is 5. The van der Waals surface area contributed by atoms with Gasteiger partial charge in [0.2, 0.25) is 5.91 Å². The molecule has 0 aliphatic heterocycles. The van der Waals surface area contributed by atoms with Gasteiger partial charge in [0.15, 0.2) is 0 Å². The standard InChI is InChI=1S/C17H20N2O2/c1-12-7-6-10-15(18)17(12)19-16(20)11-21-13(2)14-8-4-3-5-9-14/h3-10,13H,11,18H2,1-2H3,(H,19,20). The highest BCUT2D eigenvalue weighted by Crippen LogP contribution is 2.22. The first-order chi connectivity index (χ1) is 10.1. The fraction of sp³-hybridized carbons (Fsp3) is 0.235. The fourth-order valence-electron chi connectivity index (χ4n) is 2.06. The third-order valence-electron chi connectivity index (χ3n) is 3.30. The molecule has 0 aromatic heterocycles. The number of ether oxygens (including phenoxy) is 1. The average Bonchev–Trinajstić information content (AvgIpc) is 2.49. The lowest BCUT2D eigenvalue weighted by atomic mass is 10.1. The third-order valence-corrected chi connectivity index (χ3v) is 3.30. The van der Waals surface area contributed by atoms with Crippen LogP contribution in [0.15, 0.2) is 48.5 Å². The van der Waals surface area contributed by atoms with E-state index in [9.17, 15) is 4.79 Å². The molecule has 0 radical (unpaired) electrons. The Balaban J connectivity index is 1.91. The van der Waals surface area contributed by atoms with Crippen LogP contribution in [0.4, 0.5) is 11.4 Å². The van der Waals surface area contributed by atoms with Crippen molar-refractivity contribution < 1.29 is 9.53 Å². The summed E-state index contributed by atoms with van der Waals surface area (Å²) in [5, 5.41) is 2.80. The predicted octanol–water partition coefficient (Wildman–Crippen LogP) is 3.29. The van der Waals surface area contributed by atoms with Gasteiger partial charge in [0, 0.05) is 0 Å². The molecule has 0 aliphatic rings. The van der Waals surface area contributed by atoms with E-state index >= 15 is 0 Å². The number of nitrogen functional groups attached to an aromatic ring is 1. The second-order valence-electron chi connectivity index (χ2n) is 4.95. The minimum Gasteiger partial charge on any atom is -0.397 e. The third kappa shape index (κ3) is 4.07. The molecule has 4 nitrogen and oxygen atoms in total. The molecule has 0 heterocycles. The van der Waals surface area contributed by atoms with Crippen LogP contribution in [-0.2, 0) is 9.53 Å². The highest BCUT2D eigenvalue weighted by Gasteiger charge is 2.11. The molecule has 1 unspecified atom stereocenters. The van der Waals surface area contributed by atoms with Crippen LogP contribution in [0.5, 0.6) is 0 Å². The van der Waals surface area contributed by atoms with Crippen molar-refractivity contribution in [2.24, 2.45) is 0 Å². The number of nitrogens with two attached hydrogens (primary N) is 1. The van der Waals surface area contributed by atoms with Crippen LogP contribution >= 0.6 is 0 Å². The lowest BCUT2D eigenvalue weighted by Gasteiger charge is -2.15. The van der Waals surface area contributed by atoms with Gasteiger partial charge >= 0.3 is 0 Å². The number of amides is 1. The molecule has 2 aromatic rings. The van der Waals surface area contributed by atoms with Gasteiger partial charge in [0.05, 0.1) is 17.5 Å². The molecule has 0 saturated heterocycles. The summed E-state index contributed by atoms with van der Waals surface area (Å²) in [6.07, 6.45) is -0.133. The molecule has 0 fully saturated rings. The van der Waals surface area contributed by atoms with Crippen LogP contribution in [0.2, 0.25) is 0 Å². The van der Waals surface area contributed by atoms with Crippen LogP contribution in [0.3, 0.4) is 0 Å². The van der Waals surface area contributed by atoms with E-state index in [0.717, 1.165) is 11.1 Å². The van der Waals surface area contributed by atoms with E-state index < -0.39 is 0 Å². The largest absolute Gasteiger partial charge is 0.397 e. The Morgan fingerprint density at radius 1 is 1.19 bits per heavy atom. The predicted molar refractivity (Wildman–Crippen MR) is 85.0 cm³/mol. The maximum Gasteiger partial charge on any atom is 0.250 e. The maximum absolute atomic E-state index is 12.0. The van der Waals surface area contributed by atoms with Gasteiger partial charge in [-0.15, -0.1) is 0 Å². The number of carbonyl (C=O) groups excluding carboxylic acids is 1. The number of hydrogen-bond donors (Lipinski definition) is 2. The smallest absolute Gasteiger partial charge is 0.250 e. The van der Waals surface area contributed by atoms with E-state index in [2.05, 4.69) is 5.32 Å². The second-order valence-corrected chi connectivity index (χ2v) is 4.95. The zero-order valence-electron chi connectivity index (χ0n) is 12.3. The summed E-state index contributed by atoms with van der Waals surface area (Å²) in [6, 6.07) is 15.3. The Bertz CT molecular complexity index is 591. The zero-order valence-corrected chi connectivity index (χ0v) is 12.3. The maximum atomic E-state index is 12.0. The molecule has 21 heavy (non-hydrogen) atoms. The van der Waals surface area contributed by atoms with Crippen LogP contribution in [0, 0.1) is 6.92 Å². The number of hydrogen-bond acceptors (Lipinski definition) is 3. The lowest BCUT2D eigenvalue weighted by Crippen LogP contribution is -2.20. The second kappa shape index (κ2) is 6.90. The number of para-hydroxylation sites is 1. The Labute approximate surface area is 124 Å². The van der Waals surface area contributed by atoms with Crippen molar-refractivity contribution in [3.8, 4) is 0 Å². The monoisotopic (exact) mass is 284 g/mol. The molecular weight excluding hydrogens is 264 g/mol. The molecule has 1 atom stereocenters. The molecule has 4 heteroatoms. The zero-order chi connectivity index (χ0) is 15.2. The quantitative estimate of drug-likeness (QED) is 0.828. The molecule has 110 valence electrons. The Hall–Kier alpha value is -2.33. The van der Waals surface area contributed by atoms with Crippen LogP contribution < -0.4 is 11.1 Å². The van der Waals surface area contributed by atoms with E-state index in [1.165, 1.54) is 0 Å². The van der Waals surface area contributed by atoms with Crippen LogP contribution in [-0.4, -0.2) is 12.5 Å². The summed E-state index contributed by atoms with van der Waals surface area (Å²) >= 11 is 0. The molecule has 0 bridgehead atoms. The summed E-state index contributed by atoms with van der Waals surface area (Å²) in [6.45, 7) is 3.81. The van der Waals surface area contributed by atoms with Gasteiger partial charge in [0.25, 0.3) is 0 Å². The van der Waals surface area contributed by atoms with Gasteiger partial charge in [-0.25, -0.2) is 0 Å². The summed E-state index contributed by atoms with van der Waals surface area (Å²) in [7, 11) is 0. The summed E-state index contributed by atoms with van der Waals surface area (Å²) in [5.74, 6) is -0.209. The summed E-state index contributed by atoms with van der Waals surface area (Å²) < 4.78 is 5.59. The minimum atomic E-state index is -0.209. The number of benzene rings is 2. The molecule has 0 saturated carbocycles.